The van der Waals surface area contributed by atoms with Crippen molar-refractivity contribution in [3.05, 3.63) is 35.1 Å². The Balaban J connectivity index is 2.20. The van der Waals surface area contributed by atoms with Crippen LogP contribution in [-0.2, 0) is 0 Å². The van der Waals surface area contributed by atoms with Crippen molar-refractivity contribution in [2.75, 3.05) is 13.1 Å². The summed E-state index contributed by atoms with van der Waals surface area (Å²) in [5.74, 6) is -0.162. The van der Waals surface area contributed by atoms with Crippen LogP contribution in [0.3, 0.4) is 0 Å². The maximum absolute atomic E-state index is 13.8. The van der Waals surface area contributed by atoms with Gasteiger partial charge in [0.1, 0.15) is 5.82 Å². The third kappa shape index (κ3) is 3.21. The molecule has 112 valence electrons. The van der Waals surface area contributed by atoms with Gasteiger partial charge in [0.25, 0.3) is 0 Å². The Morgan fingerprint density at radius 1 is 1.15 bits per heavy atom. The van der Waals surface area contributed by atoms with E-state index in [-0.39, 0.29) is 17.4 Å². The Kier molecular flexibility index (Phi) is 4.82. The van der Waals surface area contributed by atoms with Gasteiger partial charge in [-0.05, 0) is 63.9 Å². The average molecular weight is 278 g/mol. The molecule has 2 rings (SSSR count). The van der Waals surface area contributed by atoms with Crippen molar-refractivity contribution >= 4 is 0 Å². The highest BCUT2D eigenvalue weighted by atomic mass is 19.1. The van der Waals surface area contributed by atoms with Gasteiger partial charge in [0.15, 0.2) is 0 Å². The second-order valence-electron chi connectivity index (χ2n) is 6.54. The zero-order chi connectivity index (χ0) is 14.8. The van der Waals surface area contributed by atoms with Gasteiger partial charge in [0.05, 0.1) is 0 Å². The van der Waals surface area contributed by atoms with Gasteiger partial charge in [0.2, 0.25) is 0 Å². The molecule has 0 aliphatic carbocycles. The lowest BCUT2D eigenvalue weighted by Crippen LogP contribution is -2.51. The normalized spacial score (nSPS) is 19.6. The number of nitrogens with zero attached hydrogens (tertiary/aromatic N) is 1. The molecule has 0 bridgehead atoms. The highest BCUT2D eigenvalue weighted by Gasteiger charge is 2.34. The summed E-state index contributed by atoms with van der Waals surface area (Å²) in [6.45, 7) is 8.33. The monoisotopic (exact) mass is 278 g/mol. The van der Waals surface area contributed by atoms with Crippen molar-refractivity contribution in [3.8, 4) is 0 Å². The van der Waals surface area contributed by atoms with Gasteiger partial charge >= 0.3 is 0 Å². The molecule has 0 spiro atoms. The van der Waals surface area contributed by atoms with E-state index in [0.717, 1.165) is 18.7 Å². The van der Waals surface area contributed by atoms with Crippen molar-refractivity contribution in [1.82, 2.24) is 4.90 Å². The Labute approximate surface area is 122 Å². The quantitative estimate of drug-likeness (QED) is 0.911. The number of hydrogen-bond donors (Lipinski definition) is 1. The van der Waals surface area contributed by atoms with Crippen LogP contribution in [0.4, 0.5) is 4.39 Å². The minimum absolute atomic E-state index is 0.147. The molecule has 1 fully saturated rings. The van der Waals surface area contributed by atoms with E-state index in [2.05, 4.69) is 18.7 Å². The first kappa shape index (κ1) is 15.5. The zero-order valence-electron chi connectivity index (χ0n) is 13.0. The van der Waals surface area contributed by atoms with Gasteiger partial charge in [-0.1, -0.05) is 25.0 Å². The lowest BCUT2D eigenvalue weighted by Gasteiger charge is -2.42. The highest BCUT2D eigenvalue weighted by molar-refractivity contribution is 5.27. The molecule has 1 heterocycles. The Morgan fingerprint density at radius 2 is 1.75 bits per heavy atom. The van der Waals surface area contributed by atoms with Gasteiger partial charge in [-0.3, -0.25) is 4.90 Å². The largest absolute Gasteiger partial charge is 0.322 e. The summed E-state index contributed by atoms with van der Waals surface area (Å²) in [5, 5.41) is 0. The van der Waals surface area contributed by atoms with Gasteiger partial charge in [0, 0.05) is 11.6 Å². The van der Waals surface area contributed by atoms with Gasteiger partial charge < -0.3 is 5.73 Å². The van der Waals surface area contributed by atoms with E-state index in [1.54, 1.807) is 13.0 Å². The Hall–Kier alpha value is -0.930. The second kappa shape index (κ2) is 6.23. The number of likely N-dealkylation sites (tertiary alicyclic amines) is 1. The number of hydrogen-bond acceptors (Lipinski definition) is 2. The molecule has 0 radical (unpaired) electrons. The standard InChI is InChI=1S/C17H27FN2/c1-13-8-9-14(12-15(13)18)16(19)17(2,3)20-10-6-4-5-7-11-20/h8-9,12,16H,4-7,10-11,19H2,1-3H3. The number of aryl methyl sites for hydroxylation is 1. The molecule has 1 unspecified atom stereocenters. The van der Waals surface area contributed by atoms with Crippen LogP contribution in [0.15, 0.2) is 18.2 Å². The van der Waals surface area contributed by atoms with Crippen molar-refractivity contribution in [1.29, 1.82) is 0 Å². The smallest absolute Gasteiger partial charge is 0.126 e. The maximum atomic E-state index is 13.8. The summed E-state index contributed by atoms with van der Waals surface area (Å²) < 4.78 is 13.8. The minimum Gasteiger partial charge on any atom is -0.322 e. The topological polar surface area (TPSA) is 29.3 Å². The average Bonchev–Trinajstić information content (AvgIpc) is 2.70. The van der Waals surface area contributed by atoms with Crippen molar-refractivity contribution < 1.29 is 4.39 Å². The molecule has 1 saturated heterocycles. The van der Waals surface area contributed by atoms with Crippen LogP contribution in [0.5, 0.6) is 0 Å². The van der Waals surface area contributed by atoms with E-state index in [0.29, 0.717) is 5.56 Å². The predicted octanol–water partition coefficient (Wildman–Crippen LogP) is 3.79. The van der Waals surface area contributed by atoms with Crippen molar-refractivity contribution in [2.45, 2.75) is 58.0 Å². The summed E-state index contributed by atoms with van der Waals surface area (Å²) in [7, 11) is 0. The summed E-state index contributed by atoms with van der Waals surface area (Å²) >= 11 is 0. The van der Waals surface area contributed by atoms with E-state index in [4.69, 9.17) is 5.73 Å². The summed E-state index contributed by atoms with van der Waals surface area (Å²) in [6, 6.07) is 5.21. The number of rotatable bonds is 3. The number of halogens is 1. The SMILES string of the molecule is Cc1ccc(C(N)C(C)(C)N2CCCCCC2)cc1F. The molecular formula is C17H27FN2. The second-order valence-corrected chi connectivity index (χ2v) is 6.54. The first-order valence-electron chi connectivity index (χ1n) is 7.69. The van der Waals surface area contributed by atoms with E-state index in [9.17, 15) is 4.39 Å². The Morgan fingerprint density at radius 3 is 2.30 bits per heavy atom. The van der Waals surface area contributed by atoms with Gasteiger partial charge in [-0.2, -0.15) is 0 Å². The minimum atomic E-state index is -0.171. The molecule has 2 nitrogen and oxygen atoms in total. The molecule has 1 atom stereocenters. The van der Waals surface area contributed by atoms with Crippen LogP contribution in [-0.4, -0.2) is 23.5 Å². The molecule has 20 heavy (non-hydrogen) atoms. The molecule has 0 aromatic heterocycles. The molecule has 0 saturated carbocycles. The lowest BCUT2D eigenvalue weighted by molar-refractivity contribution is 0.0979. The van der Waals surface area contributed by atoms with Crippen LogP contribution < -0.4 is 5.73 Å². The molecule has 3 heteroatoms. The summed E-state index contributed by atoms with van der Waals surface area (Å²) in [5.41, 5.74) is 7.88. The third-order valence-corrected chi connectivity index (χ3v) is 4.74. The summed E-state index contributed by atoms with van der Waals surface area (Å²) in [6.07, 6.45) is 5.08. The van der Waals surface area contributed by atoms with Crippen molar-refractivity contribution in [3.63, 3.8) is 0 Å². The zero-order valence-corrected chi connectivity index (χ0v) is 13.0. The fraction of sp³-hybridized carbons (Fsp3) is 0.647. The van der Waals surface area contributed by atoms with Crippen LogP contribution in [0, 0.1) is 12.7 Å². The first-order chi connectivity index (χ1) is 9.43. The fourth-order valence-electron chi connectivity index (χ4n) is 3.05. The lowest BCUT2D eigenvalue weighted by atomic mass is 9.87. The van der Waals surface area contributed by atoms with E-state index < -0.39 is 0 Å². The van der Waals surface area contributed by atoms with Crippen LogP contribution in [0.1, 0.15) is 56.7 Å². The summed E-state index contributed by atoms with van der Waals surface area (Å²) in [4.78, 5) is 2.47. The molecule has 1 aromatic carbocycles. The molecule has 1 aliphatic rings. The van der Waals surface area contributed by atoms with Crippen LogP contribution in [0.25, 0.3) is 0 Å². The molecule has 1 aromatic rings. The van der Waals surface area contributed by atoms with Crippen molar-refractivity contribution in [2.24, 2.45) is 5.73 Å². The predicted molar refractivity (Wildman–Crippen MR) is 82.2 cm³/mol. The maximum Gasteiger partial charge on any atom is 0.126 e. The molecule has 0 amide bonds. The fourth-order valence-corrected chi connectivity index (χ4v) is 3.05. The van der Waals surface area contributed by atoms with E-state index >= 15 is 0 Å². The first-order valence-corrected chi connectivity index (χ1v) is 7.69. The van der Waals surface area contributed by atoms with E-state index in [1.165, 1.54) is 25.7 Å². The van der Waals surface area contributed by atoms with E-state index in [1.807, 2.05) is 12.1 Å². The highest BCUT2D eigenvalue weighted by Crippen LogP contribution is 2.31. The number of benzene rings is 1. The molecule has 2 N–H and O–H groups in total. The number of nitrogens with two attached hydrogens (primary N) is 1. The molecule has 1 aliphatic heterocycles. The third-order valence-electron chi connectivity index (χ3n) is 4.74. The van der Waals surface area contributed by atoms with Gasteiger partial charge in [-0.15, -0.1) is 0 Å². The molecular weight excluding hydrogens is 251 g/mol. The van der Waals surface area contributed by atoms with Gasteiger partial charge in [-0.25, -0.2) is 4.39 Å². The Bertz CT molecular complexity index is 448. The van der Waals surface area contributed by atoms with Crippen LogP contribution in [0.2, 0.25) is 0 Å². The van der Waals surface area contributed by atoms with Crippen LogP contribution >= 0.6 is 0 Å².